The van der Waals surface area contributed by atoms with E-state index < -0.39 is 0 Å². The Morgan fingerprint density at radius 1 is 0.297 bits per heavy atom. The molecule has 11 aliphatic rings. The molecule has 550 valence electrons. The lowest BCUT2D eigenvalue weighted by Crippen LogP contribution is -2.27. The Kier molecular flexibility index (Phi) is 63.8. The summed E-state index contributed by atoms with van der Waals surface area (Å²) in [5.74, 6) is 16.8. The lowest BCUT2D eigenvalue weighted by molar-refractivity contribution is -0.187. The van der Waals surface area contributed by atoms with Crippen molar-refractivity contribution in [1.82, 2.24) is 0 Å². The Hall–Kier alpha value is 1.33. The Labute approximate surface area is 606 Å². The first kappa shape index (κ1) is 96.5. The smallest absolute Gasteiger partial charge is 0.154 e. The highest BCUT2D eigenvalue weighted by molar-refractivity contribution is 14.0. The molecule has 91 heavy (non-hydrogen) atoms. The second-order valence-electron chi connectivity index (χ2n) is 30.4. The van der Waals surface area contributed by atoms with E-state index in [1.165, 1.54) is 151 Å². The zero-order valence-corrected chi connectivity index (χ0v) is 68.1. The first-order valence-electron chi connectivity index (χ1n) is 36.8. The van der Waals surface area contributed by atoms with E-state index in [1.54, 1.807) is 11.1 Å². The Bertz CT molecular complexity index is 1210. The summed E-state index contributed by atoms with van der Waals surface area (Å²) >= 11 is 8.21. The topological polar surface area (TPSA) is 64.6 Å². The fourth-order valence-corrected chi connectivity index (χ4v) is 15.3. The third-order valence-corrected chi connectivity index (χ3v) is 24.7. The van der Waals surface area contributed by atoms with Crippen LogP contribution >= 0.6 is 71.0 Å². The van der Waals surface area contributed by atoms with Gasteiger partial charge in [0.1, 0.15) is 0 Å². The number of rotatable bonds is 0. The molecule has 11 rings (SSSR count). The molecule has 7 aliphatic heterocycles. The molecule has 12 heteroatoms. The van der Waals surface area contributed by atoms with Crippen molar-refractivity contribution in [2.75, 3.05) is 69.3 Å². The van der Waals surface area contributed by atoms with Crippen molar-refractivity contribution in [3.63, 3.8) is 0 Å². The molecule has 7 heterocycles. The van der Waals surface area contributed by atoms with E-state index in [9.17, 15) is 0 Å². The highest BCUT2D eigenvalue weighted by atomic mass is 127. The van der Waals surface area contributed by atoms with Gasteiger partial charge in [-0.3, -0.25) is 0 Å². The summed E-state index contributed by atoms with van der Waals surface area (Å²) in [6.45, 7) is 55.3. The summed E-state index contributed by atoms with van der Waals surface area (Å²) < 4.78 is 37.7. The molecule has 0 aromatic heterocycles. The van der Waals surface area contributed by atoms with Crippen molar-refractivity contribution in [3.8, 4) is 0 Å². The van der Waals surface area contributed by atoms with Gasteiger partial charge in [0.05, 0.1) is 50.7 Å². The van der Waals surface area contributed by atoms with Crippen LogP contribution in [-0.4, -0.2) is 109 Å². The number of hydrogen-bond donors (Lipinski definition) is 0. The van der Waals surface area contributed by atoms with Crippen LogP contribution in [-0.2, 0) is 33.2 Å². The highest BCUT2D eigenvalue weighted by Gasteiger charge is 2.20. The number of allylic oxidation sites excluding steroid dienone is 4. The third kappa shape index (κ3) is 58.8. The number of ether oxygens (including phenoxy) is 7. The summed E-state index contributed by atoms with van der Waals surface area (Å²) in [5.41, 5.74) is 3.61. The van der Waals surface area contributed by atoms with Gasteiger partial charge in [-0.25, -0.2) is 0 Å². The van der Waals surface area contributed by atoms with Crippen LogP contribution in [0.2, 0.25) is 0 Å². The number of hydrogen-bond acceptors (Lipinski definition) is 11. The average Bonchev–Trinajstić information content (AvgIpc) is 3.53. The van der Waals surface area contributed by atoms with E-state index in [4.69, 9.17) is 33.2 Å². The maximum Gasteiger partial charge on any atom is 0.154 e. The van der Waals surface area contributed by atoms with Gasteiger partial charge in [-0.2, -0.15) is 11.8 Å². The molecule has 0 N–H and O–H groups in total. The lowest BCUT2D eigenvalue weighted by atomic mass is 9.84. The van der Waals surface area contributed by atoms with Crippen LogP contribution < -0.4 is 0 Å². The van der Waals surface area contributed by atoms with E-state index in [0.29, 0.717) is 29.5 Å². The molecule has 0 aromatic rings. The molecule has 7 saturated heterocycles. The SMILES string of the molecule is C.C.CC1=CCC(C)CC1.CC1=CCC(C)CC1.CC1CCC(C)CC1.CC1CCC(C)CC1.CC1CCC(C)OC1.CC1CCC(C)OC1.CC1CCC(C)SC1.CC1COC(C)OC1.CC1COC(C)OC1.CC1COC(C)SC1.CC1CSC(C)SC1.I.[HH]. The largest absolute Gasteiger partial charge is 0.378 e. The molecule has 0 bridgehead atoms. The van der Waals surface area contributed by atoms with Crippen LogP contribution in [0.25, 0.3) is 0 Å². The van der Waals surface area contributed by atoms with E-state index in [-0.39, 0.29) is 52.8 Å². The quantitative estimate of drug-likeness (QED) is 0.172. The summed E-state index contributed by atoms with van der Waals surface area (Å²) in [6.07, 6.45) is 33.8. The molecule has 10 unspecified atom stereocenters. The van der Waals surface area contributed by atoms with Crippen LogP contribution in [0.1, 0.15) is 297 Å². The molecule has 10 atom stereocenters. The van der Waals surface area contributed by atoms with E-state index >= 15 is 0 Å². The average molecular weight is 1480 g/mol. The summed E-state index contributed by atoms with van der Waals surface area (Å²) in [5, 5.41) is 0.936. The van der Waals surface area contributed by atoms with Gasteiger partial charge in [0.2, 0.25) is 0 Å². The first-order valence-corrected chi connectivity index (χ1v) is 41.0. The van der Waals surface area contributed by atoms with Crippen molar-refractivity contribution >= 4 is 71.0 Å². The van der Waals surface area contributed by atoms with Gasteiger partial charge in [-0.15, -0.1) is 59.3 Å². The maximum atomic E-state index is 5.39. The highest BCUT2D eigenvalue weighted by Crippen LogP contribution is 2.33. The molecule has 2 saturated carbocycles. The van der Waals surface area contributed by atoms with E-state index in [0.717, 1.165) is 121 Å². The molecule has 0 amide bonds. The number of thioether (sulfide) groups is 4. The lowest BCUT2D eigenvalue weighted by Gasteiger charge is -2.24. The Morgan fingerprint density at radius 2 is 0.604 bits per heavy atom. The predicted molar refractivity (Wildman–Crippen MR) is 428 cm³/mol. The molecule has 0 aromatic carbocycles. The third-order valence-electron chi connectivity index (χ3n) is 18.5. The van der Waals surface area contributed by atoms with Gasteiger partial charge >= 0.3 is 0 Å². The molecular formula is C79H161IO7S4. The zero-order valence-electron chi connectivity index (χ0n) is 62.5. The van der Waals surface area contributed by atoms with Crippen molar-refractivity contribution in [3.05, 3.63) is 23.3 Å². The minimum Gasteiger partial charge on any atom is -0.378 e. The van der Waals surface area contributed by atoms with Crippen LogP contribution in [0.3, 0.4) is 0 Å². The second-order valence-corrected chi connectivity index (χ2v) is 36.3. The molecule has 0 radical (unpaired) electrons. The van der Waals surface area contributed by atoms with Crippen molar-refractivity contribution in [2.24, 2.45) is 76.9 Å². The predicted octanol–water partition coefficient (Wildman–Crippen LogP) is 25.7. The van der Waals surface area contributed by atoms with Crippen LogP contribution in [0, 0.1) is 76.9 Å². The van der Waals surface area contributed by atoms with Crippen molar-refractivity contribution in [1.29, 1.82) is 0 Å². The van der Waals surface area contributed by atoms with Crippen molar-refractivity contribution in [2.45, 2.75) is 336 Å². The zero-order chi connectivity index (χ0) is 65.8. The monoisotopic (exact) mass is 1480 g/mol. The minimum absolute atomic E-state index is 0. The van der Waals surface area contributed by atoms with E-state index in [1.807, 2.05) is 25.6 Å². The molecule has 9 fully saturated rings. The van der Waals surface area contributed by atoms with Gasteiger partial charge in [-0.1, -0.05) is 186 Å². The van der Waals surface area contributed by atoms with Gasteiger partial charge in [0, 0.05) is 42.1 Å². The first-order chi connectivity index (χ1) is 41.7. The molecule has 0 spiro atoms. The Morgan fingerprint density at radius 3 is 0.824 bits per heavy atom. The van der Waals surface area contributed by atoms with Crippen LogP contribution in [0.4, 0.5) is 0 Å². The molecule has 7 nitrogen and oxygen atoms in total. The fourth-order valence-electron chi connectivity index (χ4n) is 10.9. The fraction of sp³-hybridized carbons (Fsp3) is 0.949. The standard InChI is InChI=1S/2C8H16.2C8H14.2C7H14O.C7H14S.2C6H12O2.C6H12OS.C6H12S2.2CH4.HI.H2/c4*1-7-3-5-8(2)6-4-7;3*1-6-3-4-7(2)8-5-6;4*1-5-3-7-6(2)8-4-5;;;;/h2*7-8H,3-6H2,1-2H3;2*3,8H,4-6H2,1-2H3;3*6-7H,3-5H2,1-2H3;4*5-6H,3-4H2,1-2H3;2*1H4;2*1H. The summed E-state index contributed by atoms with van der Waals surface area (Å²) in [4.78, 5) is 0. The van der Waals surface area contributed by atoms with Gasteiger partial charge in [-0.05, 0) is 215 Å². The summed E-state index contributed by atoms with van der Waals surface area (Å²) in [7, 11) is 0. The van der Waals surface area contributed by atoms with Gasteiger partial charge in [0.25, 0.3) is 0 Å². The maximum absolute atomic E-state index is 5.39. The second kappa shape index (κ2) is 60.1. The normalized spacial score (nSPS) is 36.7. The Balaban J connectivity index is -0.000000461. The molecular weight excluding hydrogens is 1320 g/mol. The van der Waals surface area contributed by atoms with Crippen LogP contribution in [0.15, 0.2) is 23.3 Å². The van der Waals surface area contributed by atoms with Crippen LogP contribution in [0.5, 0.6) is 0 Å². The minimum atomic E-state index is 0. The van der Waals surface area contributed by atoms with Gasteiger partial charge in [0.15, 0.2) is 12.6 Å². The van der Waals surface area contributed by atoms with Gasteiger partial charge < -0.3 is 33.2 Å². The summed E-state index contributed by atoms with van der Waals surface area (Å²) in [6, 6.07) is 0. The van der Waals surface area contributed by atoms with Crippen molar-refractivity contribution < 1.29 is 34.6 Å². The molecule has 4 aliphatic carbocycles. The van der Waals surface area contributed by atoms with E-state index in [2.05, 4.69) is 186 Å². The number of halogens is 1.